The monoisotopic (exact) mass is 298 g/mol. The first-order chi connectivity index (χ1) is 10.0. The van der Waals surface area contributed by atoms with E-state index < -0.39 is 12.1 Å². The zero-order chi connectivity index (χ0) is 14.9. The average molecular weight is 298 g/mol. The molecule has 3 rings (SSSR count). The largest absolute Gasteiger partial charge is 0.393 e. The number of piperidine rings is 1. The number of rotatable bonds is 2. The molecule has 0 radical (unpaired) electrons. The quantitative estimate of drug-likeness (QED) is 0.903. The van der Waals surface area contributed by atoms with E-state index in [1.165, 1.54) is 11.1 Å². The van der Waals surface area contributed by atoms with Crippen LogP contribution in [0.25, 0.3) is 0 Å². The van der Waals surface area contributed by atoms with E-state index in [0.717, 1.165) is 19.5 Å². The summed E-state index contributed by atoms with van der Waals surface area (Å²) in [6.45, 7) is 2.47. The highest BCUT2D eigenvalue weighted by molar-refractivity contribution is 5.29. The summed E-state index contributed by atoms with van der Waals surface area (Å²) in [6, 6.07) is 8.55. The summed E-state index contributed by atoms with van der Waals surface area (Å²) in [5, 5.41) is 3.45. The van der Waals surface area contributed by atoms with Crippen LogP contribution in [0.1, 0.15) is 24.0 Å². The molecule has 2 nitrogen and oxygen atoms in total. The van der Waals surface area contributed by atoms with Crippen molar-refractivity contribution >= 4 is 0 Å². The van der Waals surface area contributed by atoms with Gasteiger partial charge >= 0.3 is 6.18 Å². The van der Waals surface area contributed by atoms with Crippen molar-refractivity contribution in [3.63, 3.8) is 0 Å². The summed E-state index contributed by atoms with van der Waals surface area (Å²) >= 11 is 0. The molecular weight excluding hydrogens is 277 g/mol. The molecule has 0 saturated carbocycles. The predicted molar refractivity (Wildman–Crippen MR) is 76.0 cm³/mol. The molecule has 0 aromatic heterocycles. The van der Waals surface area contributed by atoms with Crippen LogP contribution in [0.2, 0.25) is 0 Å². The second-order valence-corrected chi connectivity index (χ2v) is 6.19. The second kappa shape index (κ2) is 5.97. The maximum atomic E-state index is 12.8. The number of alkyl halides is 3. The standard InChI is InChI=1S/C16H21F3N2/c17-16(18,19)14-6-3-7-21(10-14)11-15-8-12-4-1-2-5-13(12)9-20-15/h1-2,4-5,14-15,20H,3,6-11H2. The van der Waals surface area contributed by atoms with Crippen LogP contribution in [0.5, 0.6) is 0 Å². The molecule has 1 aromatic carbocycles. The molecule has 5 heteroatoms. The van der Waals surface area contributed by atoms with Gasteiger partial charge in [0.2, 0.25) is 0 Å². The van der Waals surface area contributed by atoms with Crippen molar-refractivity contribution in [3.8, 4) is 0 Å². The van der Waals surface area contributed by atoms with Crippen molar-refractivity contribution in [2.75, 3.05) is 19.6 Å². The smallest absolute Gasteiger partial charge is 0.308 e. The Morgan fingerprint density at radius 3 is 2.71 bits per heavy atom. The number of hydrogen-bond donors (Lipinski definition) is 1. The molecule has 2 aliphatic rings. The third-order valence-electron chi connectivity index (χ3n) is 4.61. The van der Waals surface area contributed by atoms with Crippen LogP contribution in [0.4, 0.5) is 13.2 Å². The molecule has 0 amide bonds. The number of nitrogens with zero attached hydrogens (tertiary/aromatic N) is 1. The molecule has 1 N–H and O–H groups in total. The minimum atomic E-state index is -4.05. The van der Waals surface area contributed by atoms with Gasteiger partial charge in [-0.15, -0.1) is 0 Å². The van der Waals surface area contributed by atoms with Crippen molar-refractivity contribution in [1.82, 2.24) is 10.2 Å². The van der Waals surface area contributed by atoms with Crippen LogP contribution in [0.3, 0.4) is 0 Å². The molecule has 1 saturated heterocycles. The van der Waals surface area contributed by atoms with Crippen LogP contribution in [0, 0.1) is 5.92 Å². The summed E-state index contributed by atoms with van der Waals surface area (Å²) in [6.07, 6.45) is -2.22. The van der Waals surface area contributed by atoms with Crippen molar-refractivity contribution in [3.05, 3.63) is 35.4 Å². The Labute approximate surface area is 123 Å². The van der Waals surface area contributed by atoms with E-state index in [2.05, 4.69) is 17.4 Å². The van der Waals surface area contributed by atoms with Gasteiger partial charge in [0.05, 0.1) is 5.92 Å². The predicted octanol–water partition coefficient (Wildman–Crippen LogP) is 2.98. The van der Waals surface area contributed by atoms with Crippen LogP contribution in [-0.2, 0) is 13.0 Å². The molecule has 0 spiro atoms. The Morgan fingerprint density at radius 2 is 1.95 bits per heavy atom. The zero-order valence-electron chi connectivity index (χ0n) is 12.0. The number of nitrogens with one attached hydrogen (secondary N) is 1. The molecular formula is C16H21F3N2. The number of fused-ring (bicyclic) bond motifs is 1. The summed E-state index contributed by atoms with van der Waals surface area (Å²) in [5.41, 5.74) is 2.63. The maximum Gasteiger partial charge on any atom is 0.393 e. The number of benzene rings is 1. The van der Waals surface area contributed by atoms with E-state index in [-0.39, 0.29) is 19.0 Å². The van der Waals surface area contributed by atoms with Gasteiger partial charge in [0.1, 0.15) is 0 Å². The fraction of sp³-hybridized carbons (Fsp3) is 0.625. The van der Waals surface area contributed by atoms with Gasteiger partial charge < -0.3 is 10.2 Å². The van der Waals surface area contributed by atoms with Crippen LogP contribution >= 0.6 is 0 Å². The number of likely N-dealkylation sites (tertiary alicyclic amines) is 1. The van der Waals surface area contributed by atoms with E-state index in [9.17, 15) is 13.2 Å². The summed E-state index contributed by atoms with van der Waals surface area (Å²) in [4.78, 5) is 1.98. The van der Waals surface area contributed by atoms with E-state index in [0.29, 0.717) is 13.0 Å². The van der Waals surface area contributed by atoms with Gasteiger partial charge in [-0.05, 0) is 36.9 Å². The lowest BCUT2D eigenvalue weighted by molar-refractivity contribution is -0.186. The summed E-state index contributed by atoms with van der Waals surface area (Å²) in [7, 11) is 0. The highest BCUT2D eigenvalue weighted by Crippen LogP contribution is 2.33. The third kappa shape index (κ3) is 3.58. The normalized spacial score (nSPS) is 27.4. The molecule has 0 bridgehead atoms. The average Bonchev–Trinajstić information content (AvgIpc) is 2.46. The minimum Gasteiger partial charge on any atom is -0.308 e. The highest BCUT2D eigenvalue weighted by atomic mass is 19.4. The van der Waals surface area contributed by atoms with E-state index in [1.54, 1.807) is 0 Å². The van der Waals surface area contributed by atoms with E-state index in [4.69, 9.17) is 0 Å². The Bertz CT molecular complexity index is 487. The SMILES string of the molecule is FC(F)(F)C1CCCN(CC2Cc3ccccc3CN2)C1. The van der Waals surface area contributed by atoms with Gasteiger partial charge in [-0.3, -0.25) is 0 Å². The first kappa shape index (κ1) is 14.9. The molecule has 1 fully saturated rings. The van der Waals surface area contributed by atoms with Gasteiger partial charge in [-0.1, -0.05) is 24.3 Å². The third-order valence-corrected chi connectivity index (χ3v) is 4.61. The maximum absolute atomic E-state index is 12.8. The molecule has 2 unspecified atom stereocenters. The lowest BCUT2D eigenvalue weighted by atomic mass is 9.93. The fourth-order valence-electron chi connectivity index (χ4n) is 3.45. The lowest BCUT2D eigenvalue weighted by Gasteiger charge is -2.37. The number of hydrogen-bond acceptors (Lipinski definition) is 2. The topological polar surface area (TPSA) is 15.3 Å². The van der Waals surface area contributed by atoms with E-state index in [1.807, 2.05) is 17.0 Å². The Hall–Kier alpha value is -1.07. The van der Waals surface area contributed by atoms with Gasteiger partial charge in [-0.25, -0.2) is 0 Å². The molecule has 2 aliphatic heterocycles. The Morgan fingerprint density at radius 1 is 1.19 bits per heavy atom. The van der Waals surface area contributed by atoms with Crippen LogP contribution in [-0.4, -0.2) is 36.8 Å². The van der Waals surface area contributed by atoms with Crippen LogP contribution < -0.4 is 5.32 Å². The fourth-order valence-corrected chi connectivity index (χ4v) is 3.45. The first-order valence-corrected chi connectivity index (χ1v) is 7.61. The van der Waals surface area contributed by atoms with Gasteiger partial charge in [0, 0.05) is 25.7 Å². The molecule has 2 heterocycles. The zero-order valence-corrected chi connectivity index (χ0v) is 12.0. The highest BCUT2D eigenvalue weighted by Gasteiger charge is 2.42. The van der Waals surface area contributed by atoms with Crippen molar-refractivity contribution in [2.24, 2.45) is 5.92 Å². The Balaban J connectivity index is 1.58. The lowest BCUT2D eigenvalue weighted by Crippen LogP contribution is -2.49. The minimum absolute atomic E-state index is 0.156. The Kier molecular flexibility index (Phi) is 4.22. The first-order valence-electron chi connectivity index (χ1n) is 7.61. The van der Waals surface area contributed by atoms with Crippen LogP contribution in [0.15, 0.2) is 24.3 Å². The molecule has 1 aromatic rings. The van der Waals surface area contributed by atoms with Gasteiger partial charge in [-0.2, -0.15) is 13.2 Å². The van der Waals surface area contributed by atoms with Crippen molar-refractivity contribution in [1.29, 1.82) is 0 Å². The molecule has 21 heavy (non-hydrogen) atoms. The van der Waals surface area contributed by atoms with Gasteiger partial charge in [0.15, 0.2) is 0 Å². The van der Waals surface area contributed by atoms with E-state index >= 15 is 0 Å². The molecule has 116 valence electrons. The summed E-state index contributed by atoms with van der Waals surface area (Å²) < 4.78 is 38.5. The molecule has 2 atom stereocenters. The molecule has 0 aliphatic carbocycles. The second-order valence-electron chi connectivity index (χ2n) is 6.19. The van der Waals surface area contributed by atoms with Crippen molar-refractivity contribution < 1.29 is 13.2 Å². The summed E-state index contributed by atoms with van der Waals surface area (Å²) in [5.74, 6) is -1.15. The van der Waals surface area contributed by atoms with Gasteiger partial charge in [0.25, 0.3) is 0 Å². The number of halogens is 3. The van der Waals surface area contributed by atoms with Crippen molar-refractivity contribution in [2.45, 2.75) is 38.0 Å².